The summed E-state index contributed by atoms with van der Waals surface area (Å²) >= 11 is 0. The van der Waals surface area contributed by atoms with E-state index < -0.39 is 0 Å². The molecule has 1 aromatic rings. The number of nitrogens with zero attached hydrogens (tertiary/aromatic N) is 3. The largest absolute Gasteiger partial charge is 0.380 e. The second-order valence-electron chi connectivity index (χ2n) is 5.63. The van der Waals surface area contributed by atoms with E-state index in [0.717, 1.165) is 25.9 Å². The van der Waals surface area contributed by atoms with E-state index >= 15 is 0 Å². The van der Waals surface area contributed by atoms with Gasteiger partial charge in [0, 0.05) is 26.2 Å². The minimum Gasteiger partial charge on any atom is -0.380 e. The highest BCUT2D eigenvalue weighted by Crippen LogP contribution is 2.36. The van der Waals surface area contributed by atoms with Crippen LogP contribution in [0.3, 0.4) is 0 Å². The van der Waals surface area contributed by atoms with Gasteiger partial charge in [-0.1, -0.05) is 6.07 Å². The average molecular weight is 292 g/mol. The van der Waals surface area contributed by atoms with Gasteiger partial charge in [0.1, 0.15) is 11.4 Å². The van der Waals surface area contributed by atoms with Gasteiger partial charge in [0.25, 0.3) is 0 Å². The molecule has 0 aliphatic carbocycles. The van der Waals surface area contributed by atoms with Crippen molar-refractivity contribution in [1.82, 2.24) is 4.90 Å². The van der Waals surface area contributed by atoms with E-state index in [1.807, 2.05) is 26.1 Å². The second kappa shape index (κ2) is 6.76. The van der Waals surface area contributed by atoms with Crippen LogP contribution in [0.5, 0.6) is 0 Å². The number of likely N-dealkylation sites (tertiary alicyclic amines) is 1. The summed E-state index contributed by atoms with van der Waals surface area (Å²) in [6, 6.07) is 5.81. The third kappa shape index (κ3) is 3.44. The van der Waals surface area contributed by atoms with Crippen LogP contribution < -0.4 is 10.2 Å². The predicted molar refractivity (Wildman–Crippen MR) is 86.2 cm³/mol. The Morgan fingerprint density at radius 1 is 1.52 bits per heavy atom. The Labute approximate surface area is 125 Å². The van der Waals surface area contributed by atoms with Crippen molar-refractivity contribution in [3.05, 3.63) is 28.3 Å². The van der Waals surface area contributed by atoms with Crippen molar-refractivity contribution < 1.29 is 4.92 Å². The summed E-state index contributed by atoms with van der Waals surface area (Å²) < 4.78 is 0. The zero-order valence-electron chi connectivity index (χ0n) is 13.0. The normalized spacial score (nSPS) is 19.3. The Hall–Kier alpha value is -1.82. The minimum atomic E-state index is -0.281. The SMILES string of the molecule is CCNc1cccc(N(C)C2CCCN(C)C2)c1[N+](=O)[O-]. The summed E-state index contributed by atoms with van der Waals surface area (Å²) in [5.41, 5.74) is 1.46. The van der Waals surface area contributed by atoms with E-state index in [1.165, 1.54) is 0 Å². The van der Waals surface area contributed by atoms with Crippen molar-refractivity contribution in [2.45, 2.75) is 25.8 Å². The minimum absolute atomic E-state index is 0.176. The fraction of sp³-hybridized carbons (Fsp3) is 0.600. The average Bonchev–Trinajstić information content (AvgIpc) is 2.46. The van der Waals surface area contributed by atoms with Crippen LogP contribution in [0, 0.1) is 10.1 Å². The number of hydrogen-bond donors (Lipinski definition) is 1. The van der Waals surface area contributed by atoms with Gasteiger partial charge in [-0.2, -0.15) is 0 Å². The summed E-state index contributed by atoms with van der Waals surface area (Å²) in [5.74, 6) is 0. The lowest BCUT2D eigenvalue weighted by molar-refractivity contribution is -0.383. The monoisotopic (exact) mass is 292 g/mol. The third-order valence-corrected chi connectivity index (χ3v) is 4.09. The number of rotatable bonds is 5. The molecule has 2 rings (SSSR count). The smallest absolute Gasteiger partial charge is 0.315 e. The molecule has 1 unspecified atom stereocenters. The molecule has 21 heavy (non-hydrogen) atoms. The number of piperidine rings is 1. The molecule has 0 saturated carbocycles. The number of anilines is 2. The number of likely N-dealkylation sites (N-methyl/N-ethyl adjacent to an activating group) is 2. The van der Waals surface area contributed by atoms with Gasteiger partial charge in [-0.25, -0.2) is 0 Å². The first-order valence-corrected chi connectivity index (χ1v) is 7.47. The van der Waals surface area contributed by atoms with Crippen LogP contribution in [0.15, 0.2) is 18.2 Å². The molecule has 0 spiro atoms. The maximum Gasteiger partial charge on any atom is 0.315 e. The molecule has 1 saturated heterocycles. The van der Waals surface area contributed by atoms with Crippen LogP contribution in [0.2, 0.25) is 0 Å². The standard InChI is InChI=1S/C15H24N4O2/c1-4-16-13-8-5-9-14(15(13)19(20)21)18(3)12-7-6-10-17(2)11-12/h5,8-9,12,16H,4,6-7,10-11H2,1-3H3. The molecule has 116 valence electrons. The molecular weight excluding hydrogens is 268 g/mol. The van der Waals surface area contributed by atoms with Gasteiger partial charge in [0.15, 0.2) is 0 Å². The highest BCUT2D eigenvalue weighted by atomic mass is 16.6. The first-order chi connectivity index (χ1) is 10.0. The Kier molecular flexibility index (Phi) is 5.01. The lowest BCUT2D eigenvalue weighted by Gasteiger charge is -2.37. The summed E-state index contributed by atoms with van der Waals surface area (Å²) in [6.07, 6.45) is 2.20. The fourth-order valence-electron chi connectivity index (χ4n) is 2.99. The number of hydrogen-bond acceptors (Lipinski definition) is 5. The van der Waals surface area contributed by atoms with E-state index in [-0.39, 0.29) is 10.6 Å². The van der Waals surface area contributed by atoms with Gasteiger partial charge in [0.2, 0.25) is 0 Å². The van der Waals surface area contributed by atoms with Gasteiger partial charge in [-0.05, 0) is 45.5 Å². The lowest BCUT2D eigenvalue weighted by Crippen LogP contribution is -2.45. The van der Waals surface area contributed by atoms with E-state index in [9.17, 15) is 10.1 Å². The van der Waals surface area contributed by atoms with Crippen molar-refractivity contribution in [1.29, 1.82) is 0 Å². The first-order valence-electron chi connectivity index (χ1n) is 7.47. The van der Waals surface area contributed by atoms with Crippen LogP contribution in [-0.4, -0.2) is 49.6 Å². The maximum atomic E-state index is 11.5. The van der Waals surface area contributed by atoms with E-state index in [2.05, 4.69) is 22.2 Å². The number of nitrogens with one attached hydrogen (secondary N) is 1. The molecule has 1 atom stereocenters. The van der Waals surface area contributed by atoms with Gasteiger partial charge >= 0.3 is 5.69 Å². The molecule has 1 N–H and O–H groups in total. The van der Waals surface area contributed by atoms with Crippen LogP contribution in [0.4, 0.5) is 17.1 Å². The molecule has 1 heterocycles. The Balaban J connectivity index is 2.33. The summed E-state index contributed by atoms with van der Waals surface area (Å²) in [4.78, 5) is 15.6. The van der Waals surface area contributed by atoms with E-state index in [0.29, 0.717) is 24.0 Å². The molecule has 0 bridgehead atoms. The number of para-hydroxylation sites is 1. The van der Waals surface area contributed by atoms with Crippen molar-refractivity contribution in [3.8, 4) is 0 Å². The topological polar surface area (TPSA) is 61.6 Å². The molecule has 1 aliphatic heterocycles. The predicted octanol–water partition coefficient (Wildman–Crippen LogP) is 2.56. The van der Waals surface area contributed by atoms with Gasteiger partial charge in [-0.15, -0.1) is 0 Å². The number of nitro groups is 1. The van der Waals surface area contributed by atoms with Gasteiger partial charge in [0.05, 0.1) is 4.92 Å². The van der Waals surface area contributed by atoms with Gasteiger partial charge in [-0.3, -0.25) is 10.1 Å². The van der Waals surface area contributed by atoms with Crippen LogP contribution in [0.1, 0.15) is 19.8 Å². The van der Waals surface area contributed by atoms with Crippen molar-refractivity contribution in [2.75, 3.05) is 43.9 Å². The number of nitro benzene ring substituents is 1. The molecular formula is C15H24N4O2. The fourth-order valence-corrected chi connectivity index (χ4v) is 2.99. The molecule has 1 fully saturated rings. The summed E-state index contributed by atoms with van der Waals surface area (Å²) in [6.45, 7) is 4.65. The molecule has 1 aliphatic rings. The quantitative estimate of drug-likeness (QED) is 0.667. The Morgan fingerprint density at radius 2 is 2.29 bits per heavy atom. The molecule has 6 heteroatoms. The zero-order chi connectivity index (χ0) is 15.4. The maximum absolute atomic E-state index is 11.5. The third-order valence-electron chi connectivity index (χ3n) is 4.09. The van der Waals surface area contributed by atoms with Crippen molar-refractivity contribution >= 4 is 17.1 Å². The van der Waals surface area contributed by atoms with Gasteiger partial charge < -0.3 is 15.1 Å². The van der Waals surface area contributed by atoms with Crippen molar-refractivity contribution in [3.63, 3.8) is 0 Å². The second-order valence-corrected chi connectivity index (χ2v) is 5.63. The highest BCUT2D eigenvalue weighted by molar-refractivity contribution is 5.77. The molecule has 0 aromatic heterocycles. The molecule has 6 nitrogen and oxygen atoms in total. The van der Waals surface area contributed by atoms with Crippen LogP contribution in [0.25, 0.3) is 0 Å². The van der Waals surface area contributed by atoms with E-state index in [1.54, 1.807) is 6.07 Å². The van der Waals surface area contributed by atoms with Crippen molar-refractivity contribution in [2.24, 2.45) is 0 Å². The first kappa shape index (κ1) is 15.6. The highest BCUT2D eigenvalue weighted by Gasteiger charge is 2.28. The summed E-state index contributed by atoms with van der Waals surface area (Å²) in [5, 5.41) is 14.6. The van der Waals surface area contributed by atoms with E-state index in [4.69, 9.17) is 0 Å². The molecule has 0 radical (unpaired) electrons. The Bertz CT molecular complexity index is 506. The van der Waals surface area contributed by atoms with Crippen LogP contribution >= 0.6 is 0 Å². The molecule has 1 aromatic carbocycles. The number of benzene rings is 1. The van der Waals surface area contributed by atoms with Crippen LogP contribution in [-0.2, 0) is 0 Å². The Morgan fingerprint density at radius 3 is 2.90 bits per heavy atom. The summed E-state index contributed by atoms with van der Waals surface area (Å²) in [7, 11) is 4.06. The lowest BCUT2D eigenvalue weighted by atomic mass is 10.0. The zero-order valence-corrected chi connectivity index (χ0v) is 13.0. The molecule has 0 amide bonds.